The summed E-state index contributed by atoms with van der Waals surface area (Å²) >= 11 is 1.71. The Kier molecular flexibility index (Phi) is 3.96. The molecule has 5 rings (SSSR count). The number of rotatable bonds is 2. The van der Waals surface area contributed by atoms with E-state index in [2.05, 4.69) is 26.0 Å². The number of aliphatic hydroxyl groups is 1. The fourth-order valence-corrected chi connectivity index (χ4v) is 5.49. The van der Waals surface area contributed by atoms with E-state index in [1.807, 2.05) is 0 Å². The summed E-state index contributed by atoms with van der Waals surface area (Å²) < 4.78 is 6.27. The van der Waals surface area contributed by atoms with Gasteiger partial charge in [-0.05, 0) is 30.9 Å². The highest BCUT2D eigenvalue weighted by atomic mass is 32.1. The Morgan fingerprint density at radius 1 is 1.33 bits per heavy atom. The summed E-state index contributed by atoms with van der Waals surface area (Å²) in [6.07, 6.45) is 5.55. The lowest BCUT2D eigenvalue weighted by Crippen LogP contribution is -2.48. The van der Waals surface area contributed by atoms with Crippen molar-refractivity contribution >= 4 is 28.4 Å². The third-order valence-corrected chi connectivity index (χ3v) is 6.86. The molecule has 0 atom stereocenters. The van der Waals surface area contributed by atoms with E-state index in [0.717, 1.165) is 35.4 Å². The fourth-order valence-electron chi connectivity index (χ4n) is 4.08. The molecule has 0 aliphatic carbocycles. The average molecular weight is 385 g/mol. The van der Waals surface area contributed by atoms with Crippen LogP contribution in [0, 0.1) is 0 Å². The van der Waals surface area contributed by atoms with Gasteiger partial charge in [0.15, 0.2) is 5.65 Å². The normalized spacial score (nSPS) is 18.8. The first-order valence-electron chi connectivity index (χ1n) is 9.00. The van der Waals surface area contributed by atoms with Crippen LogP contribution in [-0.2, 0) is 21.6 Å². The number of piperidine rings is 1. The van der Waals surface area contributed by atoms with Gasteiger partial charge in [-0.2, -0.15) is 0 Å². The number of aromatic nitrogens is 4. The van der Waals surface area contributed by atoms with E-state index in [0.29, 0.717) is 25.3 Å². The van der Waals surface area contributed by atoms with Crippen LogP contribution < -0.4 is 0 Å². The number of hydrogen-bond acceptors (Lipinski definition) is 7. The molecule has 1 spiro atoms. The molecule has 5 heterocycles. The smallest absolute Gasteiger partial charge is 0.248 e. The zero-order chi connectivity index (χ0) is 18.4. The molecule has 1 fully saturated rings. The van der Waals surface area contributed by atoms with Crippen LogP contribution in [0.4, 0.5) is 0 Å². The van der Waals surface area contributed by atoms with Gasteiger partial charge >= 0.3 is 0 Å². The van der Waals surface area contributed by atoms with Gasteiger partial charge in [0.05, 0.1) is 17.8 Å². The van der Waals surface area contributed by atoms with E-state index < -0.39 is 6.61 Å². The molecule has 1 saturated heterocycles. The van der Waals surface area contributed by atoms with Crippen LogP contribution in [0.5, 0.6) is 0 Å². The molecule has 0 bridgehead atoms. The fraction of sp³-hybridized carbons (Fsp3) is 0.444. The Balaban J connectivity index is 1.51. The van der Waals surface area contributed by atoms with Crippen LogP contribution in [0.2, 0.25) is 0 Å². The minimum Gasteiger partial charge on any atom is -0.387 e. The molecule has 0 saturated carbocycles. The van der Waals surface area contributed by atoms with Gasteiger partial charge in [-0.1, -0.05) is 0 Å². The van der Waals surface area contributed by atoms with Gasteiger partial charge in [0.25, 0.3) is 0 Å². The summed E-state index contributed by atoms with van der Waals surface area (Å²) in [5, 5.41) is 9.10. The van der Waals surface area contributed by atoms with Crippen molar-refractivity contribution in [3.63, 3.8) is 0 Å². The minimum absolute atomic E-state index is 0.213. The number of nitrogens with zero attached hydrogens (tertiary/aromatic N) is 4. The molecule has 8 nitrogen and oxygen atoms in total. The number of aromatic amines is 1. The summed E-state index contributed by atoms with van der Waals surface area (Å²) in [6, 6.07) is 2.21. The summed E-state index contributed by atoms with van der Waals surface area (Å²) in [5.74, 6) is -0.213. The van der Waals surface area contributed by atoms with Gasteiger partial charge in [0.2, 0.25) is 5.91 Å². The molecule has 3 aromatic heterocycles. The first kappa shape index (κ1) is 16.8. The van der Waals surface area contributed by atoms with E-state index in [9.17, 15) is 4.79 Å². The van der Waals surface area contributed by atoms with Gasteiger partial charge in [0, 0.05) is 18.0 Å². The van der Waals surface area contributed by atoms with Gasteiger partial charge < -0.3 is 19.7 Å². The number of fused-ring (bicyclic) bond motifs is 3. The maximum atomic E-state index is 11.8. The number of H-pyrrole nitrogens is 1. The number of amides is 1. The molecule has 1 amide bonds. The molecule has 2 aliphatic heterocycles. The number of likely N-dealkylation sites (tertiary alicyclic amines) is 1. The number of nitrogens with one attached hydrogen (secondary N) is 1. The molecule has 0 radical (unpaired) electrons. The molecule has 27 heavy (non-hydrogen) atoms. The van der Waals surface area contributed by atoms with Crippen molar-refractivity contribution < 1.29 is 14.6 Å². The molecular formula is C18H19N5O3S. The lowest BCUT2D eigenvalue weighted by Gasteiger charge is -2.43. The van der Waals surface area contributed by atoms with E-state index in [1.54, 1.807) is 28.9 Å². The average Bonchev–Trinajstić information content (AvgIpc) is 3.35. The maximum absolute atomic E-state index is 11.8. The van der Waals surface area contributed by atoms with Crippen molar-refractivity contribution in [1.82, 2.24) is 24.8 Å². The quantitative estimate of drug-likeness (QED) is 0.692. The summed E-state index contributed by atoms with van der Waals surface area (Å²) in [4.78, 5) is 31.9. The van der Waals surface area contributed by atoms with Crippen LogP contribution >= 0.6 is 11.3 Å². The second-order valence-corrected chi connectivity index (χ2v) is 7.97. The van der Waals surface area contributed by atoms with Crippen LogP contribution in [0.3, 0.4) is 0 Å². The number of imidazole rings is 1. The Morgan fingerprint density at radius 3 is 3.00 bits per heavy atom. The lowest BCUT2D eigenvalue weighted by atomic mass is 9.85. The van der Waals surface area contributed by atoms with Gasteiger partial charge in [-0.3, -0.25) is 4.79 Å². The van der Waals surface area contributed by atoms with Crippen LogP contribution in [0.25, 0.3) is 21.7 Å². The highest BCUT2D eigenvalue weighted by molar-refractivity contribution is 7.15. The Hall–Kier alpha value is -2.36. The zero-order valence-electron chi connectivity index (χ0n) is 14.6. The van der Waals surface area contributed by atoms with E-state index in [-0.39, 0.29) is 11.5 Å². The van der Waals surface area contributed by atoms with E-state index >= 15 is 0 Å². The Morgan fingerprint density at radius 2 is 2.19 bits per heavy atom. The topological polar surface area (TPSA) is 104 Å². The highest BCUT2D eigenvalue weighted by Crippen LogP contribution is 2.47. The van der Waals surface area contributed by atoms with Crippen molar-refractivity contribution in [2.24, 2.45) is 0 Å². The molecule has 3 aromatic rings. The minimum atomic E-state index is -0.434. The maximum Gasteiger partial charge on any atom is 0.248 e. The second-order valence-electron chi connectivity index (χ2n) is 6.92. The highest BCUT2D eigenvalue weighted by Gasteiger charge is 2.43. The molecular weight excluding hydrogens is 366 g/mol. The number of aliphatic hydroxyl groups excluding tert-OH is 1. The van der Waals surface area contributed by atoms with Crippen molar-refractivity contribution in [2.45, 2.75) is 24.9 Å². The largest absolute Gasteiger partial charge is 0.387 e. The molecule has 9 heteroatoms. The molecule has 2 N–H and O–H groups in total. The van der Waals surface area contributed by atoms with Crippen LogP contribution in [0.1, 0.15) is 23.3 Å². The third kappa shape index (κ3) is 2.65. The second kappa shape index (κ2) is 6.36. The summed E-state index contributed by atoms with van der Waals surface area (Å²) in [7, 11) is 0. The van der Waals surface area contributed by atoms with Gasteiger partial charge in [0.1, 0.15) is 29.7 Å². The van der Waals surface area contributed by atoms with Crippen LogP contribution in [-0.4, -0.2) is 62.2 Å². The first-order chi connectivity index (χ1) is 13.2. The summed E-state index contributed by atoms with van der Waals surface area (Å²) in [5.41, 5.74) is 3.32. The monoisotopic (exact) mass is 385 g/mol. The molecule has 140 valence electrons. The number of hydrogen-bond donors (Lipinski definition) is 2. The first-order valence-corrected chi connectivity index (χ1v) is 9.82. The van der Waals surface area contributed by atoms with Crippen molar-refractivity contribution in [3.05, 3.63) is 29.2 Å². The van der Waals surface area contributed by atoms with Crippen molar-refractivity contribution in [2.75, 3.05) is 26.3 Å². The predicted octanol–water partition coefficient (Wildman–Crippen LogP) is 1.46. The SMILES string of the molecule is O=C(CO)N1CCC2(CC1)OCCc1cc(-c3ncnc4nc[nH]c34)sc12. The Labute approximate surface area is 159 Å². The third-order valence-electron chi connectivity index (χ3n) is 5.49. The number of carbonyl (C=O) groups excluding carboxylic acids is 1. The lowest BCUT2D eigenvalue weighted by molar-refractivity contribution is -0.143. The van der Waals surface area contributed by atoms with Crippen LogP contribution in [0.15, 0.2) is 18.7 Å². The molecule has 0 aromatic carbocycles. The molecule has 2 aliphatic rings. The van der Waals surface area contributed by atoms with Gasteiger partial charge in [-0.15, -0.1) is 11.3 Å². The Bertz CT molecular complexity index is 1010. The number of ether oxygens (including phenoxy) is 1. The number of thiophene rings is 1. The van der Waals surface area contributed by atoms with Gasteiger partial charge in [-0.25, -0.2) is 15.0 Å². The predicted molar refractivity (Wildman–Crippen MR) is 99.2 cm³/mol. The number of carbonyl (C=O) groups is 1. The zero-order valence-corrected chi connectivity index (χ0v) is 15.5. The van der Waals surface area contributed by atoms with Crippen molar-refractivity contribution in [1.29, 1.82) is 0 Å². The summed E-state index contributed by atoms with van der Waals surface area (Å²) in [6.45, 7) is 1.45. The van der Waals surface area contributed by atoms with E-state index in [1.165, 1.54) is 10.4 Å². The van der Waals surface area contributed by atoms with E-state index in [4.69, 9.17) is 9.84 Å². The standard InChI is InChI=1S/C18H19N5O3S/c24-8-13(25)23-4-2-18(3-5-23)16-11(1-6-26-18)7-12(27-16)14-15-17(21-9-19-14)22-10-20-15/h7,9-10,24H,1-6,8H2,(H,19,20,21,22). The molecule has 0 unspecified atom stereocenters. The van der Waals surface area contributed by atoms with Crippen molar-refractivity contribution in [3.8, 4) is 10.6 Å².